The van der Waals surface area contributed by atoms with Crippen molar-refractivity contribution >= 4 is 22.9 Å². The molecule has 1 N–H and O–H groups in total. The molecule has 30 heavy (non-hydrogen) atoms. The molecule has 0 radical (unpaired) electrons. The van der Waals surface area contributed by atoms with E-state index in [1.807, 2.05) is 6.07 Å². The fraction of sp³-hybridized carbons (Fsp3) is 0.350. The Labute approximate surface area is 175 Å². The first-order valence-electron chi connectivity index (χ1n) is 9.16. The zero-order valence-electron chi connectivity index (χ0n) is 15.9. The molecule has 1 unspecified atom stereocenters. The minimum Gasteiger partial charge on any atom is -0.391 e. The number of likely N-dealkylation sites (N-methyl/N-ethyl adjacent to an activating group) is 1. The number of pyridine rings is 1. The molecule has 160 valence electrons. The topological polar surface area (TPSA) is 46.5 Å². The highest BCUT2D eigenvalue weighted by Gasteiger charge is 2.44. The summed E-state index contributed by atoms with van der Waals surface area (Å²) < 4.78 is 67.8. The number of hydrogen-bond acceptors (Lipinski definition) is 4. The molecule has 0 amide bonds. The van der Waals surface area contributed by atoms with Gasteiger partial charge in [-0.2, -0.15) is 0 Å². The number of hydrogen-bond donors (Lipinski definition) is 1. The van der Waals surface area contributed by atoms with E-state index in [2.05, 4.69) is 15.5 Å². The Morgan fingerprint density at radius 1 is 1.13 bits per heavy atom. The van der Waals surface area contributed by atoms with E-state index in [1.54, 1.807) is 25.5 Å². The molecule has 1 saturated carbocycles. The van der Waals surface area contributed by atoms with Gasteiger partial charge in [0.15, 0.2) is 23.3 Å². The monoisotopic (exact) mass is 443 g/mol. The molecule has 0 bridgehead atoms. The van der Waals surface area contributed by atoms with Crippen LogP contribution >= 0.6 is 12.2 Å². The summed E-state index contributed by atoms with van der Waals surface area (Å²) in [7, 11) is 1.67. The number of oxime groups is 1. The van der Waals surface area contributed by atoms with E-state index in [1.165, 1.54) is 0 Å². The third-order valence-corrected chi connectivity index (χ3v) is 5.71. The number of nitrogens with zero attached hydrogens (tertiary/aromatic N) is 2. The van der Waals surface area contributed by atoms with Crippen LogP contribution in [-0.4, -0.2) is 22.7 Å². The van der Waals surface area contributed by atoms with Crippen molar-refractivity contribution in [3.05, 3.63) is 64.7 Å². The van der Waals surface area contributed by atoms with Crippen LogP contribution in [0.5, 0.6) is 0 Å². The first-order valence-corrected chi connectivity index (χ1v) is 9.57. The summed E-state index contributed by atoms with van der Waals surface area (Å²) in [5.41, 5.74) is -0.671. The molecular weight excluding hydrogens is 425 g/mol. The fourth-order valence-electron chi connectivity index (χ4n) is 3.63. The zero-order valence-corrected chi connectivity index (χ0v) is 16.8. The van der Waals surface area contributed by atoms with Crippen LogP contribution in [0.25, 0.3) is 0 Å². The van der Waals surface area contributed by atoms with Crippen LogP contribution in [0.15, 0.2) is 29.7 Å². The largest absolute Gasteiger partial charge is 0.391 e. The first-order chi connectivity index (χ1) is 14.3. The van der Waals surface area contributed by atoms with Crippen LogP contribution in [0.3, 0.4) is 0 Å². The Morgan fingerprint density at radius 3 is 2.40 bits per heavy atom. The van der Waals surface area contributed by atoms with Crippen molar-refractivity contribution in [1.29, 1.82) is 0 Å². The molecular formula is C20H18F5N3OS. The van der Waals surface area contributed by atoms with Gasteiger partial charge < -0.3 is 10.2 Å². The van der Waals surface area contributed by atoms with Gasteiger partial charge in [-0.3, -0.25) is 4.98 Å². The van der Waals surface area contributed by atoms with Crippen LogP contribution in [0.2, 0.25) is 0 Å². The van der Waals surface area contributed by atoms with Crippen LogP contribution in [0.1, 0.15) is 36.8 Å². The van der Waals surface area contributed by atoms with E-state index in [9.17, 15) is 22.0 Å². The van der Waals surface area contributed by atoms with E-state index >= 15 is 0 Å². The predicted molar refractivity (Wildman–Crippen MR) is 104 cm³/mol. The minimum absolute atomic E-state index is 0.466. The molecule has 1 aromatic heterocycles. The lowest BCUT2D eigenvalue weighted by Gasteiger charge is -2.38. The number of aromatic nitrogens is 1. The van der Waals surface area contributed by atoms with Gasteiger partial charge in [0.05, 0.1) is 21.7 Å². The lowest BCUT2D eigenvalue weighted by Crippen LogP contribution is -2.50. The van der Waals surface area contributed by atoms with E-state index < -0.39 is 46.7 Å². The average molecular weight is 443 g/mol. The van der Waals surface area contributed by atoms with Crippen LogP contribution < -0.4 is 5.32 Å². The standard InChI is InChI=1S/C20H18F5N3OS/c1-26-19(30)20(11-5-4-8-27-9-11)7-3-2-6-13(20)28-29-10-12-14(21)16(23)18(25)17(24)15(12)22/h4-5,8-9H,2-3,6-7,10H2,1H3,(H,26,30)/b28-13-. The SMILES string of the molecule is CNC(=S)C1(c2cccnc2)CCCC/C1=N/OCc1c(F)c(F)c(F)c(F)c1F. The maximum absolute atomic E-state index is 13.9. The Kier molecular flexibility index (Phi) is 6.64. The van der Waals surface area contributed by atoms with Crippen molar-refractivity contribution in [2.75, 3.05) is 7.05 Å². The third-order valence-electron chi connectivity index (χ3n) is 5.16. The molecule has 4 nitrogen and oxygen atoms in total. The van der Waals surface area contributed by atoms with Crippen molar-refractivity contribution in [2.24, 2.45) is 5.16 Å². The summed E-state index contributed by atoms with van der Waals surface area (Å²) >= 11 is 5.54. The molecule has 1 aliphatic rings. The molecule has 2 aromatic rings. The number of nitrogens with one attached hydrogen (secondary N) is 1. The molecule has 0 aliphatic heterocycles. The summed E-state index contributed by atoms with van der Waals surface area (Å²) in [6.45, 7) is -0.926. The Bertz CT molecular complexity index is 957. The van der Waals surface area contributed by atoms with Crippen molar-refractivity contribution in [2.45, 2.75) is 37.7 Å². The molecule has 1 atom stereocenters. The highest BCUT2D eigenvalue weighted by molar-refractivity contribution is 7.80. The van der Waals surface area contributed by atoms with Crippen LogP contribution in [0, 0.1) is 29.1 Å². The number of halogens is 5. The molecule has 3 rings (SSSR count). The van der Waals surface area contributed by atoms with Crippen LogP contribution in [-0.2, 0) is 16.9 Å². The van der Waals surface area contributed by atoms with Crippen molar-refractivity contribution in [3.63, 3.8) is 0 Å². The van der Waals surface area contributed by atoms with Crippen molar-refractivity contribution in [3.8, 4) is 0 Å². The van der Waals surface area contributed by atoms with Gasteiger partial charge in [0.25, 0.3) is 0 Å². The van der Waals surface area contributed by atoms with E-state index in [0.717, 1.165) is 18.4 Å². The van der Waals surface area contributed by atoms with Crippen LogP contribution in [0.4, 0.5) is 22.0 Å². The van der Waals surface area contributed by atoms with Gasteiger partial charge in [-0.25, -0.2) is 22.0 Å². The second-order valence-corrected chi connectivity index (χ2v) is 7.20. The second kappa shape index (κ2) is 9.03. The number of benzene rings is 1. The predicted octanol–water partition coefficient (Wildman–Crippen LogP) is 4.71. The summed E-state index contributed by atoms with van der Waals surface area (Å²) in [4.78, 5) is 9.69. The normalized spacial score (nSPS) is 20.3. The van der Waals surface area contributed by atoms with Gasteiger partial charge in [-0.1, -0.05) is 29.9 Å². The quantitative estimate of drug-likeness (QED) is 0.239. The van der Waals surface area contributed by atoms with Gasteiger partial charge in [0, 0.05) is 19.4 Å². The van der Waals surface area contributed by atoms with Gasteiger partial charge in [-0.05, 0) is 30.9 Å². The van der Waals surface area contributed by atoms with Gasteiger partial charge in [0.1, 0.15) is 6.61 Å². The maximum Gasteiger partial charge on any atom is 0.200 e. The number of rotatable bonds is 5. The van der Waals surface area contributed by atoms with Gasteiger partial charge in [-0.15, -0.1) is 0 Å². The lowest BCUT2D eigenvalue weighted by atomic mass is 9.68. The molecule has 0 saturated heterocycles. The molecule has 1 aliphatic carbocycles. The first kappa shape index (κ1) is 22.1. The van der Waals surface area contributed by atoms with E-state index in [0.29, 0.717) is 23.5 Å². The second-order valence-electron chi connectivity index (χ2n) is 6.79. The van der Waals surface area contributed by atoms with Crippen molar-refractivity contribution < 1.29 is 26.8 Å². The van der Waals surface area contributed by atoms with Crippen molar-refractivity contribution in [1.82, 2.24) is 10.3 Å². The smallest absolute Gasteiger partial charge is 0.200 e. The molecule has 1 fully saturated rings. The Morgan fingerprint density at radius 2 is 1.80 bits per heavy atom. The number of thiocarbonyl (C=S) groups is 1. The van der Waals surface area contributed by atoms with Gasteiger partial charge in [0.2, 0.25) is 5.82 Å². The Balaban J connectivity index is 1.97. The Hall–Kier alpha value is -2.62. The summed E-state index contributed by atoms with van der Waals surface area (Å²) in [5, 5.41) is 6.99. The molecule has 1 aromatic carbocycles. The van der Waals surface area contributed by atoms with Gasteiger partial charge >= 0.3 is 0 Å². The molecule has 0 spiro atoms. The zero-order chi connectivity index (χ0) is 21.9. The average Bonchev–Trinajstić information content (AvgIpc) is 2.79. The highest BCUT2D eigenvalue weighted by atomic mass is 32.1. The molecule has 1 heterocycles. The summed E-state index contributed by atoms with van der Waals surface area (Å²) in [6, 6.07) is 3.58. The lowest BCUT2D eigenvalue weighted by molar-refractivity contribution is 0.120. The van der Waals surface area contributed by atoms with E-state index in [-0.39, 0.29) is 0 Å². The third kappa shape index (κ3) is 3.76. The maximum atomic E-state index is 13.9. The van der Waals surface area contributed by atoms with E-state index in [4.69, 9.17) is 17.1 Å². The summed E-state index contributed by atoms with van der Waals surface area (Å²) in [6.07, 6.45) is 5.96. The molecule has 10 heteroatoms. The minimum atomic E-state index is -2.22. The summed E-state index contributed by atoms with van der Waals surface area (Å²) in [5.74, 6) is -10.2. The highest BCUT2D eigenvalue weighted by Crippen LogP contribution is 2.38. The fourth-order valence-corrected chi connectivity index (χ4v) is 3.97.